The molecule has 0 aliphatic carbocycles. The zero-order valence-corrected chi connectivity index (χ0v) is 7.46. The molecule has 0 bridgehead atoms. The average molecular weight is 145 g/mol. The molecule has 0 aromatic rings. The van der Waals surface area contributed by atoms with Crippen LogP contribution in [0.3, 0.4) is 0 Å². The summed E-state index contributed by atoms with van der Waals surface area (Å²) >= 11 is 0. The van der Waals surface area contributed by atoms with Gasteiger partial charge < -0.3 is 4.90 Å². The summed E-state index contributed by atoms with van der Waals surface area (Å²) in [4.78, 5) is 2.50. The van der Waals surface area contributed by atoms with Crippen molar-refractivity contribution in [3.63, 3.8) is 0 Å². The summed E-state index contributed by atoms with van der Waals surface area (Å²) in [6.45, 7) is 8.35. The van der Waals surface area contributed by atoms with Crippen molar-refractivity contribution in [3.05, 3.63) is 0 Å². The Balaban J connectivity index is 2.35. The standard InChI is InChI=1S/C7H16NP/c1-3-8-4-6(2)7(9)5-8/h6-7H,3-5,9H2,1-2H3. The summed E-state index contributed by atoms with van der Waals surface area (Å²) in [6.07, 6.45) is 0. The lowest BCUT2D eigenvalue weighted by molar-refractivity contribution is 0.347. The van der Waals surface area contributed by atoms with Crippen molar-refractivity contribution in [3.8, 4) is 0 Å². The van der Waals surface area contributed by atoms with Gasteiger partial charge in [0.15, 0.2) is 0 Å². The third-order valence-corrected chi connectivity index (χ3v) is 3.06. The molecule has 3 unspecified atom stereocenters. The fraction of sp³-hybridized carbons (Fsp3) is 1.00. The predicted molar refractivity (Wildman–Crippen MR) is 44.8 cm³/mol. The van der Waals surface area contributed by atoms with Crippen molar-refractivity contribution in [2.24, 2.45) is 5.92 Å². The highest BCUT2D eigenvalue weighted by molar-refractivity contribution is 7.17. The molecule has 3 atom stereocenters. The number of rotatable bonds is 1. The van der Waals surface area contributed by atoms with E-state index >= 15 is 0 Å². The molecule has 0 aromatic heterocycles. The summed E-state index contributed by atoms with van der Waals surface area (Å²) in [7, 11) is 2.92. The van der Waals surface area contributed by atoms with Gasteiger partial charge in [0, 0.05) is 13.1 Å². The maximum atomic E-state index is 2.92. The number of likely N-dealkylation sites (tertiary alicyclic amines) is 1. The zero-order chi connectivity index (χ0) is 6.85. The molecule has 0 spiro atoms. The fourth-order valence-electron chi connectivity index (χ4n) is 1.35. The van der Waals surface area contributed by atoms with Crippen LogP contribution < -0.4 is 0 Å². The van der Waals surface area contributed by atoms with E-state index in [0.717, 1.165) is 11.6 Å². The van der Waals surface area contributed by atoms with Crippen LogP contribution in [0.2, 0.25) is 0 Å². The van der Waals surface area contributed by atoms with Crippen LogP contribution in [0.25, 0.3) is 0 Å². The Morgan fingerprint density at radius 2 is 2.22 bits per heavy atom. The lowest BCUT2D eigenvalue weighted by atomic mass is 10.1. The Bertz CT molecular complexity index is 84.9. The molecule has 2 heteroatoms. The third-order valence-electron chi connectivity index (χ3n) is 2.19. The first-order chi connectivity index (χ1) is 4.24. The monoisotopic (exact) mass is 145 g/mol. The summed E-state index contributed by atoms with van der Waals surface area (Å²) in [6, 6.07) is 0. The Morgan fingerprint density at radius 3 is 2.44 bits per heavy atom. The van der Waals surface area contributed by atoms with Crippen molar-refractivity contribution < 1.29 is 0 Å². The smallest absolute Gasteiger partial charge is 0.00473 e. The van der Waals surface area contributed by atoms with Gasteiger partial charge in [0.05, 0.1) is 0 Å². The van der Waals surface area contributed by atoms with Gasteiger partial charge in [0.1, 0.15) is 0 Å². The maximum absolute atomic E-state index is 2.92. The third kappa shape index (κ3) is 1.65. The Kier molecular flexibility index (Phi) is 2.49. The van der Waals surface area contributed by atoms with Crippen LogP contribution >= 0.6 is 9.24 Å². The van der Waals surface area contributed by atoms with Gasteiger partial charge in [-0.25, -0.2) is 0 Å². The van der Waals surface area contributed by atoms with E-state index in [9.17, 15) is 0 Å². The van der Waals surface area contributed by atoms with E-state index in [1.165, 1.54) is 19.6 Å². The molecule has 1 rings (SSSR count). The Labute approximate surface area is 60.0 Å². The minimum absolute atomic E-state index is 0.838. The average Bonchev–Trinajstić information content (AvgIpc) is 2.13. The van der Waals surface area contributed by atoms with Crippen molar-refractivity contribution in [2.75, 3.05) is 19.6 Å². The highest BCUT2D eigenvalue weighted by Gasteiger charge is 2.24. The lowest BCUT2D eigenvalue weighted by Crippen LogP contribution is -2.19. The zero-order valence-electron chi connectivity index (χ0n) is 6.30. The van der Waals surface area contributed by atoms with Gasteiger partial charge in [-0.1, -0.05) is 13.8 Å². The van der Waals surface area contributed by atoms with Crippen molar-refractivity contribution in [1.82, 2.24) is 4.90 Å². The lowest BCUT2D eigenvalue weighted by Gasteiger charge is -2.09. The van der Waals surface area contributed by atoms with Gasteiger partial charge in [-0.2, -0.15) is 0 Å². The van der Waals surface area contributed by atoms with Crippen molar-refractivity contribution in [1.29, 1.82) is 0 Å². The molecule has 1 aliphatic rings. The molecule has 1 nitrogen and oxygen atoms in total. The summed E-state index contributed by atoms with van der Waals surface area (Å²) in [5.74, 6) is 0.884. The van der Waals surface area contributed by atoms with Gasteiger partial charge >= 0.3 is 0 Å². The van der Waals surface area contributed by atoms with Gasteiger partial charge in [-0.05, 0) is 18.1 Å². The highest BCUT2D eigenvalue weighted by atomic mass is 31.0. The van der Waals surface area contributed by atoms with E-state index in [4.69, 9.17) is 0 Å². The van der Waals surface area contributed by atoms with Crippen LogP contribution in [0.15, 0.2) is 0 Å². The molecule has 0 saturated carbocycles. The minimum atomic E-state index is 0.838. The molecule has 0 aromatic carbocycles. The molecule has 0 N–H and O–H groups in total. The predicted octanol–water partition coefficient (Wildman–Crippen LogP) is 1.20. The van der Waals surface area contributed by atoms with E-state index in [1.54, 1.807) is 0 Å². The van der Waals surface area contributed by atoms with Crippen LogP contribution in [0.4, 0.5) is 0 Å². The molecule has 1 heterocycles. The molecule has 0 radical (unpaired) electrons. The fourth-order valence-corrected chi connectivity index (χ4v) is 1.77. The molecule has 9 heavy (non-hydrogen) atoms. The van der Waals surface area contributed by atoms with Crippen LogP contribution in [0.5, 0.6) is 0 Å². The summed E-state index contributed by atoms with van der Waals surface area (Å²) < 4.78 is 0. The Hall–Kier alpha value is 0.390. The van der Waals surface area contributed by atoms with Crippen molar-refractivity contribution in [2.45, 2.75) is 19.5 Å². The second-order valence-electron chi connectivity index (χ2n) is 2.99. The van der Waals surface area contributed by atoms with Gasteiger partial charge in [0.25, 0.3) is 0 Å². The summed E-state index contributed by atoms with van der Waals surface area (Å²) in [5, 5.41) is 0. The number of hydrogen-bond donors (Lipinski definition) is 0. The molecular weight excluding hydrogens is 129 g/mol. The van der Waals surface area contributed by atoms with Gasteiger partial charge in [-0.15, -0.1) is 9.24 Å². The van der Waals surface area contributed by atoms with Crippen LogP contribution in [-0.4, -0.2) is 30.2 Å². The second kappa shape index (κ2) is 2.98. The molecule has 1 aliphatic heterocycles. The SMILES string of the molecule is CCN1CC(C)C(P)C1. The first kappa shape index (κ1) is 7.50. The minimum Gasteiger partial charge on any atom is -0.303 e. The second-order valence-corrected chi connectivity index (χ2v) is 3.85. The van der Waals surface area contributed by atoms with Crippen LogP contribution in [0.1, 0.15) is 13.8 Å². The van der Waals surface area contributed by atoms with Crippen molar-refractivity contribution >= 4 is 9.24 Å². The molecule has 1 saturated heterocycles. The maximum Gasteiger partial charge on any atom is 0.00473 e. The molecule has 1 fully saturated rings. The van der Waals surface area contributed by atoms with Crippen LogP contribution in [0, 0.1) is 5.92 Å². The van der Waals surface area contributed by atoms with E-state index in [-0.39, 0.29) is 0 Å². The normalized spacial score (nSPS) is 37.7. The molecular formula is C7H16NP. The van der Waals surface area contributed by atoms with E-state index in [0.29, 0.717) is 0 Å². The topological polar surface area (TPSA) is 3.24 Å². The number of nitrogens with zero attached hydrogens (tertiary/aromatic N) is 1. The molecule has 0 amide bonds. The van der Waals surface area contributed by atoms with E-state index in [1.807, 2.05) is 0 Å². The van der Waals surface area contributed by atoms with E-state index < -0.39 is 0 Å². The first-order valence-corrected chi connectivity index (χ1v) is 4.38. The number of hydrogen-bond acceptors (Lipinski definition) is 1. The molecule has 54 valence electrons. The van der Waals surface area contributed by atoms with E-state index in [2.05, 4.69) is 28.0 Å². The largest absolute Gasteiger partial charge is 0.303 e. The van der Waals surface area contributed by atoms with Crippen LogP contribution in [-0.2, 0) is 0 Å². The Morgan fingerprint density at radius 1 is 1.56 bits per heavy atom. The quantitative estimate of drug-likeness (QED) is 0.501. The summed E-state index contributed by atoms with van der Waals surface area (Å²) in [5.41, 5.74) is 0.838. The first-order valence-electron chi connectivity index (χ1n) is 3.72. The highest BCUT2D eigenvalue weighted by Crippen LogP contribution is 2.22. The van der Waals surface area contributed by atoms with Gasteiger partial charge in [0.2, 0.25) is 0 Å². The van der Waals surface area contributed by atoms with Gasteiger partial charge in [-0.3, -0.25) is 0 Å².